The van der Waals surface area contributed by atoms with Crippen LogP contribution in [0.5, 0.6) is 0 Å². The molecule has 2 saturated heterocycles. The Morgan fingerprint density at radius 1 is 1.20 bits per heavy atom. The van der Waals surface area contributed by atoms with Gasteiger partial charge in [0.2, 0.25) is 11.8 Å². The molecule has 0 spiro atoms. The number of benzene rings is 1. The van der Waals surface area contributed by atoms with E-state index < -0.39 is 11.7 Å². The fourth-order valence-electron chi connectivity index (χ4n) is 4.23. The Balaban J connectivity index is 1.38. The Hall–Kier alpha value is -2.09. The average molecular weight is 425 g/mol. The van der Waals surface area contributed by atoms with Gasteiger partial charge in [-0.2, -0.15) is 13.2 Å². The molecular formula is C22H30F3N3O2. The molecule has 0 aromatic heterocycles. The number of likely N-dealkylation sites (tertiary alicyclic amines) is 2. The van der Waals surface area contributed by atoms with E-state index in [1.54, 1.807) is 22.9 Å². The third-order valence-electron chi connectivity index (χ3n) is 6.13. The first-order valence-corrected chi connectivity index (χ1v) is 10.6. The first-order valence-electron chi connectivity index (χ1n) is 10.6. The summed E-state index contributed by atoms with van der Waals surface area (Å²) in [6.45, 7) is 4.03. The van der Waals surface area contributed by atoms with Gasteiger partial charge in [0.15, 0.2) is 0 Å². The summed E-state index contributed by atoms with van der Waals surface area (Å²) in [7, 11) is 1.79. The molecular weight excluding hydrogens is 395 g/mol. The second-order valence-electron chi connectivity index (χ2n) is 8.43. The highest BCUT2D eigenvalue weighted by atomic mass is 19.4. The lowest BCUT2D eigenvalue weighted by Gasteiger charge is -2.34. The van der Waals surface area contributed by atoms with Gasteiger partial charge in [0.1, 0.15) is 0 Å². The topological polar surface area (TPSA) is 43.9 Å². The molecule has 8 heteroatoms. The predicted octanol–water partition coefficient (Wildman–Crippen LogP) is 3.04. The summed E-state index contributed by atoms with van der Waals surface area (Å²) in [5, 5.41) is 0. The van der Waals surface area contributed by atoms with Crippen LogP contribution in [0.25, 0.3) is 0 Å². The van der Waals surface area contributed by atoms with Crippen LogP contribution in [-0.2, 0) is 22.2 Å². The molecule has 2 aliphatic heterocycles. The van der Waals surface area contributed by atoms with Crippen molar-refractivity contribution in [2.45, 2.75) is 38.3 Å². The second kappa shape index (κ2) is 9.81. The molecule has 0 atom stereocenters. The number of nitrogens with zero attached hydrogens (tertiary/aromatic N) is 3. The summed E-state index contributed by atoms with van der Waals surface area (Å²) in [6, 6.07) is 5.55. The van der Waals surface area contributed by atoms with E-state index in [-0.39, 0.29) is 18.4 Å². The van der Waals surface area contributed by atoms with Gasteiger partial charge < -0.3 is 14.7 Å². The van der Waals surface area contributed by atoms with Crippen molar-refractivity contribution in [3.63, 3.8) is 0 Å². The Bertz CT molecular complexity index is 745. The number of hydrogen-bond donors (Lipinski definition) is 0. The standard InChI is InChI=1S/C22H30F3N3O2/c1-26(21(30)16-28-10-3-6-20(28)29)15-18-8-12-27(13-9-18)11-7-17-4-2-5-19(14-17)22(23,24)25/h2,4-5,14,18H,3,6-13,15-16H2,1H3. The van der Waals surface area contributed by atoms with Crippen molar-refractivity contribution >= 4 is 11.8 Å². The van der Waals surface area contributed by atoms with Crippen LogP contribution in [0.2, 0.25) is 0 Å². The molecule has 2 aliphatic rings. The van der Waals surface area contributed by atoms with Crippen LogP contribution in [0.1, 0.15) is 36.8 Å². The molecule has 166 valence electrons. The number of likely N-dealkylation sites (N-methyl/N-ethyl adjacent to an activating group) is 1. The molecule has 2 fully saturated rings. The van der Waals surface area contributed by atoms with Crippen molar-refractivity contribution in [2.75, 3.05) is 46.3 Å². The van der Waals surface area contributed by atoms with Crippen molar-refractivity contribution < 1.29 is 22.8 Å². The van der Waals surface area contributed by atoms with Crippen LogP contribution < -0.4 is 0 Å². The SMILES string of the molecule is CN(CC1CCN(CCc2cccc(C(F)(F)F)c2)CC1)C(=O)CN1CCCC1=O. The van der Waals surface area contributed by atoms with E-state index >= 15 is 0 Å². The fourth-order valence-corrected chi connectivity index (χ4v) is 4.23. The molecule has 0 unspecified atom stereocenters. The monoisotopic (exact) mass is 425 g/mol. The van der Waals surface area contributed by atoms with Crippen molar-refractivity contribution in [3.8, 4) is 0 Å². The number of carbonyl (C=O) groups excluding carboxylic acids is 2. The number of halogens is 3. The van der Waals surface area contributed by atoms with Gasteiger partial charge in [-0.25, -0.2) is 0 Å². The Morgan fingerprint density at radius 3 is 2.57 bits per heavy atom. The van der Waals surface area contributed by atoms with E-state index in [1.807, 2.05) is 0 Å². The molecule has 1 aromatic carbocycles. The van der Waals surface area contributed by atoms with E-state index in [2.05, 4.69) is 4.90 Å². The summed E-state index contributed by atoms with van der Waals surface area (Å²) in [4.78, 5) is 29.7. The molecule has 2 amide bonds. The van der Waals surface area contributed by atoms with Gasteiger partial charge in [-0.15, -0.1) is 0 Å². The van der Waals surface area contributed by atoms with Crippen LogP contribution in [0.15, 0.2) is 24.3 Å². The number of piperidine rings is 1. The minimum Gasteiger partial charge on any atom is -0.344 e. The molecule has 1 aromatic rings. The number of carbonyl (C=O) groups is 2. The predicted molar refractivity (Wildman–Crippen MR) is 108 cm³/mol. The second-order valence-corrected chi connectivity index (χ2v) is 8.43. The largest absolute Gasteiger partial charge is 0.416 e. The van der Waals surface area contributed by atoms with E-state index in [9.17, 15) is 22.8 Å². The summed E-state index contributed by atoms with van der Waals surface area (Å²) >= 11 is 0. The highest BCUT2D eigenvalue weighted by molar-refractivity contribution is 5.85. The van der Waals surface area contributed by atoms with Crippen LogP contribution in [-0.4, -0.2) is 72.8 Å². The smallest absolute Gasteiger partial charge is 0.344 e. The minimum absolute atomic E-state index is 0.0165. The summed E-state index contributed by atoms with van der Waals surface area (Å²) in [5.74, 6) is 0.459. The van der Waals surface area contributed by atoms with E-state index in [1.165, 1.54) is 12.1 Å². The molecule has 0 aliphatic carbocycles. The number of amides is 2. The molecule has 2 heterocycles. The van der Waals surface area contributed by atoms with Gasteiger partial charge in [0.25, 0.3) is 0 Å². The average Bonchev–Trinajstić information content (AvgIpc) is 3.11. The first-order chi connectivity index (χ1) is 14.2. The van der Waals surface area contributed by atoms with Crippen LogP contribution in [0.4, 0.5) is 13.2 Å². The van der Waals surface area contributed by atoms with Gasteiger partial charge >= 0.3 is 6.18 Å². The zero-order valence-corrected chi connectivity index (χ0v) is 17.5. The van der Waals surface area contributed by atoms with Crippen molar-refractivity contribution in [1.82, 2.24) is 14.7 Å². The van der Waals surface area contributed by atoms with Crippen molar-refractivity contribution in [1.29, 1.82) is 0 Å². The molecule has 0 N–H and O–H groups in total. The summed E-state index contributed by atoms with van der Waals surface area (Å²) < 4.78 is 38.5. The van der Waals surface area contributed by atoms with Crippen LogP contribution >= 0.6 is 0 Å². The number of rotatable bonds is 7. The highest BCUT2D eigenvalue weighted by Crippen LogP contribution is 2.29. The van der Waals surface area contributed by atoms with Gasteiger partial charge in [-0.1, -0.05) is 18.2 Å². The van der Waals surface area contributed by atoms with E-state index in [0.29, 0.717) is 37.4 Å². The molecule has 30 heavy (non-hydrogen) atoms. The Kier molecular flexibility index (Phi) is 7.39. The maximum Gasteiger partial charge on any atom is 0.416 e. The first kappa shape index (κ1) is 22.6. The van der Waals surface area contributed by atoms with Gasteiger partial charge in [0, 0.05) is 33.1 Å². The quantitative estimate of drug-likeness (QED) is 0.675. The Labute approximate surface area is 175 Å². The van der Waals surface area contributed by atoms with Gasteiger partial charge in [-0.05, 0) is 56.3 Å². The maximum absolute atomic E-state index is 12.8. The zero-order chi connectivity index (χ0) is 21.7. The van der Waals surface area contributed by atoms with E-state index in [0.717, 1.165) is 45.0 Å². The van der Waals surface area contributed by atoms with Crippen molar-refractivity contribution in [2.24, 2.45) is 5.92 Å². The highest BCUT2D eigenvalue weighted by Gasteiger charge is 2.30. The minimum atomic E-state index is -4.31. The van der Waals surface area contributed by atoms with Crippen molar-refractivity contribution in [3.05, 3.63) is 35.4 Å². The molecule has 0 saturated carbocycles. The van der Waals surface area contributed by atoms with Gasteiger partial charge in [0.05, 0.1) is 12.1 Å². The third-order valence-corrected chi connectivity index (χ3v) is 6.13. The fraction of sp³-hybridized carbons (Fsp3) is 0.636. The lowest BCUT2D eigenvalue weighted by atomic mass is 9.96. The van der Waals surface area contributed by atoms with Gasteiger partial charge in [-0.3, -0.25) is 9.59 Å². The Morgan fingerprint density at radius 2 is 1.93 bits per heavy atom. The lowest BCUT2D eigenvalue weighted by Crippen LogP contribution is -2.43. The third kappa shape index (κ3) is 6.20. The molecule has 0 radical (unpaired) electrons. The van der Waals surface area contributed by atoms with Crippen LogP contribution in [0.3, 0.4) is 0 Å². The molecule has 5 nitrogen and oxygen atoms in total. The van der Waals surface area contributed by atoms with Crippen LogP contribution in [0, 0.1) is 5.92 Å². The number of hydrogen-bond acceptors (Lipinski definition) is 3. The molecule has 0 bridgehead atoms. The van der Waals surface area contributed by atoms with E-state index in [4.69, 9.17) is 0 Å². The maximum atomic E-state index is 12.8. The molecule has 3 rings (SSSR count). The normalized spacial score (nSPS) is 18.8. The number of alkyl halides is 3. The summed E-state index contributed by atoms with van der Waals surface area (Å²) in [5.41, 5.74) is 0.107. The zero-order valence-electron chi connectivity index (χ0n) is 17.5. The summed E-state index contributed by atoms with van der Waals surface area (Å²) in [6.07, 6.45) is -0.423. The lowest BCUT2D eigenvalue weighted by molar-refractivity contribution is -0.138.